The van der Waals surface area contributed by atoms with E-state index in [4.69, 9.17) is 4.74 Å². The van der Waals surface area contributed by atoms with Crippen molar-refractivity contribution < 1.29 is 22.7 Å². The molecular formula is C25H30F3NO2S3. The average Bonchev–Trinajstić information content (AvgIpc) is 3.29. The van der Waals surface area contributed by atoms with Crippen LogP contribution in [0, 0.1) is 13.8 Å². The highest BCUT2D eigenvalue weighted by molar-refractivity contribution is 8.01. The molecule has 34 heavy (non-hydrogen) atoms. The number of thiazole rings is 1. The molecule has 0 aliphatic rings. The first-order chi connectivity index (χ1) is 16.1. The summed E-state index contributed by atoms with van der Waals surface area (Å²) in [4.78, 5) is 18.5. The van der Waals surface area contributed by atoms with Gasteiger partial charge in [0.25, 0.3) is 0 Å². The lowest BCUT2D eigenvalue weighted by atomic mass is 9.94. The first kappa shape index (κ1) is 27.0. The van der Waals surface area contributed by atoms with E-state index in [0.717, 1.165) is 57.3 Å². The number of halogens is 3. The zero-order valence-corrected chi connectivity index (χ0v) is 22.3. The molecular weight excluding hydrogens is 499 g/mol. The highest BCUT2D eigenvalue weighted by Gasteiger charge is 2.31. The minimum Gasteiger partial charge on any atom is -0.466 e. The summed E-state index contributed by atoms with van der Waals surface area (Å²) >= 11 is 4.72. The monoisotopic (exact) mass is 529 g/mol. The molecule has 0 N–H and O–H groups in total. The van der Waals surface area contributed by atoms with Crippen LogP contribution in [-0.4, -0.2) is 23.3 Å². The van der Waals surface area contributed by atoms with Crippen LogP contribution in [0.1, 0.15) is 72.0 Å². The highest BCUT2D eigenvalue weighted by Crippen LogP contribution is 2.42. The molecule has 9 heteroatoms. The molecule has 2 aromatic heterocycles. The Kier molecular flexibility index (Phi) is 9.46. The summed E-state index contributed by atoms with van der Waals surface area (Å²) in [5.41, 5.74) is 1.37. The third-order valence-electron chi connectivity index (χ3n) is 5.75. The first-order valence-corrected chi connectivity index (χ1v) is 14.1. The first-order valence-electron chi connectivity index (χ1n) is 11.5. The van der Waals surface area contributed by atoms with Crippen molar-refractivity contribution in [3.63, 3.8) is 0 Å². The van der Waals surface area contributed by atoms with E-state index in [1.165, 1.54) is 39.7 Å². The van der Waals surface area contributed by atoms with E-state index < -0.39 is 11.7 Å². The average molecular weight is 530 g/mol. The van der Waals surface area contributed by atoms with Gasteiger partial charge in [0.15, 0.2) is 0 Å². The van der Waals surface area contributed by atoms with Gasteiger partial charge >= 0.3 is 12.1 Å². The van der Waals surface area contributed by atoms with E-state index in [1.54, 1.807) is 24.8 Å². The fourth-order valence-electron chi connectivity index (χ4n) is 3.93. The Bertz CT molecular complexity index is 1120. The number of carbonyl (C=O) groups is 1. The highest BCUT2D eigenvalue weighted by atomic mass is 32.2. The molecule has 0 amide bonds. The molecule has 0 aliphatic heterocycles. The van der Waals surface area contributed by atoms with Crippen LogP contribution >= 0.6 is 34.4 Å². The molecule has 0 spiro atoms. The zero-order valence-electron chi connectivity index (χ0n) is 19.9. The number of alkyl halides is 3. The van der Waals surface area contributed by atoms with Crippen molar-refractivity contribution >= 4 is 50.5 Å². The van der Waals surface area contributed by atoms with Crippen LogP contribution in [0.5, 0.6) is 0 Å². The normalized spacial score (nSPS) is 12.9. The van der Waals surface area contributed by atoms with Crippen molar-refractivity contribution in [3.05, 3.63) is 44.8 Å². The van der Waals surface area contributed by atoms with Gasteiger partial charge < -0.3 is 4.74 Å². The molecule has 0 radical (unpaired) electrons. The number of esters is 1. The SMILES string of the molecule is CCCC[C@H](CCSc1nc(C)c(CC(=O)OCC)s1)c1sc2cc(C(F)(F)F)ccc2c1C. The largest absolute Gasteiger partial charge is 0.466 e. The minimum atomic E-state index is -4.33. The number of carbonyl (C=O) groups excluding carboxylic acids is 1. The van der Waals surface area contributed by atoms with Crippen LogP contribution < -0.4 is 0 Å². The summed E-state index contributed by atoms with van der Waals surface area (Å²) in [6, 6.07) is 4.08. The number of nitrogens with zero attached hydrogens (tertiary/aromatic N) is 1. The van der Waals surface area contributed by atoms with Gasteiger partial charge in [-0.1, -0.05) is 37.6 Å². The van der Waals surface area contributed by atoms with Crippen LogP contribution in [-0.2, 0) is 22.1 Å². The molecule has 1 aromatic carbocycles. The molecule has 1 atom stereocenters. The number of thiophene rings is 1. The summed E-state index contributed by atoms with van der Waals surface area (Å²) in [5, 5.41) is 0.918. The quantitative estimate of drug-likeness (QED) is 0.184. The molecule has 3 aromatic rings. The lowest BCUT2D eigenvalue weighted by Gasteiger charge is -2.16. The van der Waals surface area contributed by atoms with Gasteiger partial charge in [-0.3, -0.25) is 4.79 Å². The fourth-order valence-corrected chi connectivity index (χ4v) is 7.69. The van der Waals surface area contributed by atoms with Gasteiger partial charge in [0.05, 0.1) is 24.3 Å². The summed E-state index contributed by atoms with van der Waals surface area (Å²) in [5.74, 6) is 0.931. The molecule has 2 heterocycles. The number of hydrogen-bond donors (Lipinski definition) is 0. The van der Waals surface area contributed by atoms with Crippen molar-refractivity contribution in [3.8, 4) is 0 Å². The van der Waals surface area contributed by atoms with Gasteiger partial charge in [0.1, 0.15) is 4.34 Å². The van der Waals surface area contributed by atoms with Gasteiger partial charge in [-0.2, -0.15) is 13.2 Å². The second-order valence-corrected chi connectivity index (χ2v) is 11.8. The smallest absolute Gasteiger partial charge is 0.416 e. The molecule has 3 nitrogen and oxygen atoms in total. The minimum absolute atomic E-state index is 0.237. The van der Waals surface area contributed by atoms with Crippen LogP contribution in [0.2, 0.25) is 0 Å². The maximum Gasteiger partial charge on any atom is 0.416 e. The van der Waals surface area contributed by atoms with E-state index in [-0.39, 0.29) is 12.4 Å². The Labute approximate surface area is 211 Å². The number of thioether (sulfide) groups is 1. The van der Waals surface area contributed by atoms with E-state index >= 15 is 0 Å². The van der Waals surface area contributed by atoms with E-state index in [2.05, 4.69) is 11.9 Å². The van der Waals surface area contributed by atoms with Gasteiger partial charge in [-0.15, -0.1) is 22.7 Å². The van der Waals surface area contributed by atoms with Gasteiger partial charge in [-0.05, 0) is 62.6 Å². The summed E-state index contributed by atoms with van der Waals surface area (Å²) in [6.45, 7) is 8.25. The number of aromatic nitrogens is 1. The van der Waals surface area contributed by atoms with Crippen molar-refractivity contribution in [2.75, 3.05) is 12.4 Å². The van der Waals surface area contributed by atoms with Crippen molar-refractivity contribution in [1.29, 1.82) is 0 Å². The Balaban J connectivity index is 1.73. The topological polar surface area (TPSA) is 39.2 Å². The molecule has 0 fully saturated rings. The Morgan fingerprint density at radius 1 is 1.18 bits per heavy atom. The number of ether oxygens (including phenoxy) is 1. The molecule has 3 rings (SSSR count). The maximum atomic E-state index is 13.2. The lowest BCUT2D eigenvalue weighted by molar-refractivity contribution is -0.142. The molecule has 0 aliphatic carbocycles. The zero-order chi connectivity index (χ0) is 24.9. The van der Waals surface area contributed by atoms with E-state index in [1.807, 2.05) is 13.8 Å². The van der Waals surface area contributed by atoms with Gasteiger partial charge in [0.2, 0.25) is 0 Å². The third kappa shape index (κ3) is 6.76. The summed E-state index contributed by atoms with van der Waals surface area (Å²) in [6.07, 6.45) is 0.0180. The molecule has 0 unspecified atom stereocenters. The van der Waals surface area contributed by atoms with Crippen molar-refractivity contribution in [1.82, 2.24) is 4.98 Å². The number of unbranched alkanes of at least 4 members (excludes halogenated alkanes) is 1. The number of aryl methyl sites for hydroxylation is 2. The number of benzene rings is 1. The lowest BCUT2D eigenvalue weighted by Crippen LogP contribution is -2.07. The second-order valence-electron chi connectivity index (χ2n) is 8.25. The second kappa shape index (κ2) is 11.9. The van der Waals surface area contributed by atoms with Crippen LogP contribution in [0.15, 0.2) is 22.5 Å². The Morgan fingerprint density at radius 2 is 1.94 bits per heavy atom. The van der Waals surface area contributed by atoms with Gasteiger partial charge in [-0.25, -0.2) is 4.98 Å². The molecule has 0 saturated carbocycles. The predicted molar refractivity (Wildman–Crippen MR) is 136 cm³/mol. The predicted octanol–water partition coefficient (Wildman–Crippen LogP) is 8.56. The Morgan fingerprint density at radius 3 is 2.62 bits per heavy atom. The third-order valence-corrected chi connectivity index (χ3v) is 9.51. The summed E-state index contributed by atoms with van der Waals surface area (Å²) < 4.78 is 46.2. The molecule has 0 bridgehead atoms. The maximum absolute atomic E-state index is 13.2. The number of hydrogen-bond acceptors (Lipinski definition) is 6. The van der Waals surface area contributed by atoms with Crippen LogP contribution in [0.3, 0.4) is 0 Å². The van der Waals surface area contributed by atoms with E-state index in [9.17, 15) is 18.0 Å². The summed E-state index contributed by atoms with van der Waals surface area (Å²) in [7, 11) is 0. The molecule has 186 valence electrons. The van der Waals surface area contributed by atoms with E-state index in [0.29, 0.717) is 17.2 Å². The molecule has 0 saturated heterocycles. The van der Waals surface area contributed by atoms with Gasteiger partial charge in [0, 0.05) is 20.2 Å². The standard InChI is InChI=1S/C25H30F3NO2S3/c1-5-7-8-17(11-12-32-24-29-16(4)20(34-24)14-22(30)31-6-2)23-15(3)19-10-9-18(25(26,27)28)13-21(19)33-23/h9-10,13,17H,5-8,11-12,14H2,1-4H3/t17-/m1/s1. The van der Waals surface area contributed by atoms with Crippen molar-refractivity contribution in [2.45, 2.75) is 76.2 Å². The Hall–Kier alpha value is -1.58. The fraction of sp³-hybridized carbons (Fsp3) is 0.520. The van der Waals surface area contributed by atoms with Crippen LogP contribution in [0.4, 0.5) is 13.2 Å². The number of rotatable bonds is 11. The number of fused-ring (bicyclic) bond motifs is 1. The van der Waals surface area contributed by atoms with Crippen molar-refractivity contribution in [2.24, 2.45) is 0 Å². The van der Waals surface area contributed by atoms with Crippen LogP contribution in [0.25, 0.3) is 10.1 Å².